The first kappa shape index (κ1) is 22.8. The van der Waals surface area contributed by atoms with Gasteiger partial charge >= 0.3 is 0 Å². The summed E-state index contributed by atoms with van der Waals surface area (Å²) in [6, 6.07) is 16.8. The van der Waals surface area contributed by atoms with Gasteiger partial charge in [0.15, 0.2) is 0 Å². The Morgan fingerprint density at radius 3 is 2.34 bits per heavy atom. The molecule has 0 aliphatic heterocycles. The van der Waals surface area contributed by atoms with Crippen LogP contribution in [0.4, 0.5) is 5.69 Å². The highest BCUT2D eigenvalue weighted by Crippen LogP contribution is 2.23. The normalized spacial score (nSPS) is 14.4. The standard InChI is InChI=1S/C28H29N5O2/c1-18-8-14-23(17-29-18)31-27(34)20-11-9-19(10-12-20)26-32-24-15-13-21(16-25(24)33-26)28(35)30-22-6-4-2-3-5-7-22/h8-17,22H,2-7H2,1H3,(H,30,35)(H,31,34)(H,32,33). The van der Waals surface area contributed by atoms with Crippen LogP contribution in [-0.2, 0) is 0 Å². The molecular weight excluding hydrogens is 438 g/mol. The van der Waals surface area contributed by atoms with Gasteiger partial charge in [0, 0.05) is 28.4 Å². The van der Waals surface area contributed by atoms with Crippen LogP contribution in [0.15, 0.2) is 60.8 Å². The SMILES string of the molecule is Cc1ccc(NC(=O)c2ccc(-c3nc4cc(C(=O)NC5CCCCCC5)ccc4[nH]3)cc2)cn1. The topological polar surface area (TPSA) is 99.8 Å². The lowest BCUT2D eigenvalue weighted by Crippen LogP contribution is -2.34. The number of imidazole rings is 1. The number of aromatic nitrogens is 3. The van der Waals surface area contributed by atoms with Crippen LogP contribution in [0.1, 0.15) is 64.9 Å². The molecule has 0 radical (unpaired) electrons. The molecule has 0 unspecified atom stereocenters. The monoisotopic (exact) mass is 467 g/mol. The summed E-state index contributed by atoms with van der Waals surface area (Å²) in [6.45, 7) is 1.90. The molecule has 0 bridgehead atoms. The second-order valence-electron chi connectivity index (χ2n) is 9.20. The molecule has 5 rings (SSSR count). The van der Waals surface area contributed by atoms with Crippen molar-refractivity contribution in [3.05, 3.63) is 77.6 Å². The van der Waals surface area contributed by atoms with Crippen molar-refractivity contribution in [1.82, 2.24) is 20.3 Å². The molecule has 2 aromatic heterocycles. The van der Waals surface area contributed by atoms with E-state index in [0.717, 1.165) is 35.1 Å². The molecule has 1 fully saturated rings. The average molecular weight is 468 g/mol. The summed E-state index contributed by atoms with van der Waals surface area (Å²) in [6.07, 6.45) is 8.61. The third-order valence-corrected chi connectivity index (χ3v) is 6.53. The number of amides is 2. The number of aryl methyl sites for hydroxylation is 1. The molecule has 0 saturated heterocycles. The number of carbonyl (C=O) groups excluding carboxylic acids is 2. The predicted molar refractivity (Wildman–Crippen MR) is 137 cm³/mol. The summed E-state index contributed by atoms with van der Waals surface area (Å²) in [4.78, 5) is 37.6. The van der Waals surface area contributed by atoms with Crippen molar-refractivity contribution in [2.75, 3.05) is 5.32 Å². The number of fused-ring (bicyclic) bond motifs is 1. The van der Waals surface area contributed by atoms with Gasteiger partial charge in [-0.15, -0.1) is 0 Å². The summed E-state index contributed by atoms with van der Waals surface area (Å²) in [5.74, 6) is 0.453. The van der Waals surface area contributed by atoms with Crippen molar-refractivity contribution in [3.63, 3.8) is 0 Å². The molecule has 2 aromatic carbocycles. The fourth-order valence-corrected chi connectivity index (χ4v) is 4.50. The van der Waals surface area contributed by atoms with Crippen molar-refractivity contribution in [3.8, 4) is 11.4 Å². The van der Waals surface area contributed by atoms with Gasteiger partial charge in [-0.25, -0.2) is 4.98 Å². The van der Waals surface area contributed by atoms with Crippen molar-refractivity contribution >= 4 is 28.5 Å². The first-order valence-corrected chi connectivity index (χ1v) is 12.2. The number of H-pyrrole nitrogens is 1. The molecule has 1 aliphatic carbocycles. The van der Waals surface area contributed by atoms with Gasteiger partial charge < -0.3 is 15.6 Å². The second-order valence-corrected chi connectivity index (χ2v) is 9.20. The van der Waals surface area contributed by atoms with E-state index in [4.69, 9.17) is 4.98 Å². The highest BCUT2D eigenvalue weighted by Gasteiger charge is 2.17. The van der Waals surface area contributed by atoms with Crippen LogP contribution in [0.5, 0.6) is 0 Å². The Morgan fingerprint density at radius 1 is 0.886 bits per heavy atom. The van der Waals surface area contributed by atoms with Crippen molar-refractivity contribution in [2.24, 2.45) is 0 Å². The molecule has 2 amide bonds. The lowest BCUT2D eigenvalue weighted by atomic mass is 10.1. The van der Waals surface area contributed by atoms with Gasteiger partial charge in [-0.05, 0) is 62.2 Å². The molecule has 1 saturated carbocycles. The van der Waals surface area contributed by atoms with E-state index in [2.05, 4.69) is 20.6 Å². The minimum atomic E-state index is -0.198. The minimum absolute atomic E-state index is 0.0394. The Balaban J connectivity index is 1.28. The Morgan fingerprint density at radius 2 is 1.63 bits per heavy atom. The minimum Gasteiger partial charge on any atom is -0.349 e. The number of nitrogens with zero attached hydrogens (tertiary/aromatic N) is 2. The Kier molecular flexibility index (Phi) is 6.57. The van der Waals surface area contributed by atoms with Crippen molar-refractivity contribution in [1.29, 1.82) is 0 Å². The van der Waals surface area contributed by atoms with E-state index < -0.39 is 0 Å². The van der Waals surface area contributed by atoms with Gasteiger partial charge in [0.1, 0.15) is 5.82 Å². The number of hydrogen-bond donors (Lipinski definition) is 3. The van der Waals surface area contributed by atoms with E-state index in [1.165, 1.54) is 25.7 Å². The molecule has 2 heterocycles. The zero-order valence-electron chi connectivity index (χ0n) is 19.8. The van der Waals surface area contributed by atoms with Crippen LogP contribution in [0.2, 0.25) is 0 Å². The number of pyridine rings is 1. The fourth-order valence-electron chi connectivity index (χ4n) is 4.50. The summed E-state index contributed by atoms with van der Waals surface area (Å²) in [5, 5.41) is 6.05. The summed E-state index contributed by atoms with van der Waals surface area (Å²) < 4.78 is 0. The molecule has 7 nitrogen and oxygen atoms in total. The summed E-state index contributed by atoms with van der Waals surface area (Å²) >= 11 is 0. The number of hydrogen-bond acceptors (Lipinski definition) is 4. The van der Waals surface area contributed by atoms with Gasteiger partial charge in [0.25, 0.3) is 11.8 Å². The van der Waals surface area contributed by atoms with Gasteiger partial charge in [0.2, 0.25) is 0 Å². The predicted octanol–water partition coefficient (Wildman–Crippen LogP) is 5.64. The zero-order chi connectivity index (χ0) is 24.2. The first-order valence-electron chi connectivity index (χ1n) is 12.2. The number of carbonyl (C=O) groups is 2. The van der Waals surface area contributed by atoms with Gasteiger partial charge in [-0.2, -0.15) is 0 Å². The van der Waals surface area contributed by atoms with Crippen LogP contribution in [0.3, 0.4) is 0 Å². The lowest BCUT2D eigenvalue weighted by molar-refractivity contribution is 0.0932. The third kappa shape index (κ3) is 5.40. The van der Waals surface area contributed by atoms with Crippen LogP contribution in [-0.4, -0.2) is 32.8 Å². The molecular formula is C28H29N5O2. The zero-order valence-corrected chi connectivity index (χ0v) is 19.8. The molecule has 35 heavy (non-hydrogen) atoms. The van der Waals surface area contributed by atoms with Gasteiger partial charge in [-0.1, -0.05) is 37.8 Å². The van der Waals surface area contributed by atoms with Crippen LogP contribution in [0.25, 0.3) is 22.4 Å². The maximum atomic E-state index is 12.8. The summed E-state index contributed by atoms with van der Waals surface area (Å²) in [5.41, 5.74) is 5.17. The van der Waals surface area contributed by atoms with Gasteiger partial charge in [-0.3, -0.25) is 14.6 Å². The van der Waals surface area contributed by atoms with E-state index >= 15 is 0 Å². The van der Waals surface area contributed by atoms with Crippen molar-refractivity contribution < 1.29 is 9.59 Å². The van der Waals surface area contributed by atoms with Gasteiger partial charge in [0.05, 0.1) is 22.9 Å². The van der Waals surface area contributed by atoms with E-state index in [0.29, 0.717) is 22.6 Å². The number of anilines is 1. The van der Waals surface area contributed by atoms with E-state index in [-0.39, 0.29) is 17.9 Å². The number of nitrogens with one attached hydrogen (secondary N) is 3. The number of aromatic amines is 1. The largest absolute Gasteiger partial charge is 0.349 e. The van der Waals surface area contributed by atoms with E-state index in [1.807, 2.05) is 49.4 Å². The Hall–Kier alpha value is -4.00. The first-order chi connectivity index (χ1) is 17.0. The highest BCUT2D eigenvalue weighted by atomic mass is 16.2. The maximum absolute atomic E-state index is 12.8. The van der Waals surface area contributed by atoms with Crippen LogP contribution in [0, 0.1) is 6.92 Å². The quantitative estimate of drug-likeness (QED) is 0.331. The molecule has 7 heteroatoms. The Labute approximate surface area is 204 Å². The average Bonchev–Trinajstić information content (AvgIpc) is 3.14. The fraction of sp³-hybridized carbons (Fsp3) is 0.286. The Bertz CT molecular complexity index is 1330. The summed E-state index contributed by atoms with van der Waals surface area (Å²) in [7, 11) is 0. The molecule has 0 atom stereocenters. The smallest absolute Gasteiger partial charge is 0.255 e. The lowest BCUT2D eigenvalue weighted by Gasteiger charge is -2.16. The maximum Gasteiger partial charge on any atom is 0.255 e. The second kappa shape index (κ2) is 10.1. The molecule has 3 N–H and O–H groups in total. The van der Waals surface area contributed by atoms with Crippen LogP contribution >= 0.6 is 0 Å². The molecule has 1 aliphatic rings. The third-order valence-electron chi connectivity index (χ3n) is 6.53. The van der Waals surface area contributed by atoms with E-state index in [9.17, 15) is 9.59 Å². The number of rotatable bonds is 5. The van der Waals surface area contributed by atoms with Crippen LogP contribution < -0.4 is 10.6 Å². The number of benzene rings is 2. The van der Waals surface area contributed by atoms with E-state index in [1.54, 1.807) is 18.3 Å². The molecule has 178 valence electrons. The highest BCUT2D eigenvalue weighted by molar-refractivity contribution is 6.04. The van der Waals surface area contributed by atoms with Crippen molar-refractivity contribution in [2.45, 2.75) is 51.5 Å². The molecule has 4 aromatic rings. The molecule has 0 spiro atoms.